The molecule has 1 aliphatic heterocycles. The molecule has 0 bridgehead atoms. The normalized spacial score (nSPS) is 20.1. The molecule has 0 spiro atoms. The van der Waals surface area contributed by atoms with Gasteiger partial charge >= 0.3 is 0 Å². The second-order valence-electron chi connectivity index (χ2n) is 6.66. The molecule has 1 aromatic carbocycles. The first-order valence-electron chi connectivity index (χ1n) is 8.65. The molecule has 0 unspecified atom stereocenters. The number of benzene rings is 1. The average Bonchev–Trinajstić information content (AvgIpc) is 2.57. The molecule has 1 heterocycles. The Morgan fingerprint density at radius 1 is 1.05 bits per heavy atom. The predicted molar refractivity (Wildman–Crippen MR) is 92.0 cm³/mol. The summed E-state index contributed by atoms with van der Waals surface area (Å²) in [6, 6.07) is 7.63. The topological polar surface area (TPSA) is 23.5 Å². The van der Waals surface area contributed by atoms with E-state index in [2.05, 4.69) is 23.1 Å². The van der Waals surface area contributed by atoms with Crippen LogP contribution in [-0.2, 0) is 6.42 Å². The molecule has 0 radical (unpaired) electrons. The molecule has 0 amide bonds. The summed E-state index contributed by atoms with van der Waals surface area (Å²) in [5, 5.41) is 9.32. The summed E-state index contributed by atoms with van der Waals surface area (Å²) in [7, 11) is 0. The predicted octanol–water partition coefficient (Wildman–Crippen LogP) is 4.31. The number of allylic oxidation sites excluding steroid dienone is 4. The first-order valence-corrected chi connectivity index (χ1v) is 8.65. The molecule has 1 fully saturated rings. The zero-order chi connectivity index (χ0) is 15.2. The van der Waals surface area contributed by atoms with Gasteiger partial charge in [0.2, 0.25) is 0 Å². The van der Waals surface area contributed by atoms with Gasteiger partial charge in [-0.25, -0.2) is 0 Å². The summed E-state index contributed by atoms with van der Waals surface area (Å²) in [6.45, 7) is 3.61. The third-order valence-corrected chi connectivity index (χ3v) is 4.96. The zero-order valence-electron chi connectivity index (χ0n) is 13.4. The van der Waals surface area contributed by atoms with E-state index in [1.165, 1.54) is 50.8 Å². The molecule has 0 saturated carbocycles. The fourth-order valence-electron chi connectivity index (χ4n) is 3.52. The highest BCUT2D eigenvalue weighted by atomic mass is 16.3. The van der Waals surface area contributed by atoms with E-state index in [4.69, 9.17) is 0 Å². The van der Waals surface area contributed by atoms with Gasteiger partial charge in [-0.1, -0.05) is 35.9 Å². The smallest absolute Gasteiger partial charge is 0.115 e. The van der Waals surface area contributed by atoms with Crippen molar-refractivity contribution in [1.29, 1.82) is 0 Å². The third-order valence-electron chi connectivity index (χ3n) is 4.96. The minimum atomic E-state index is 0.357. The van der Waals surface area contributed by atoms with Crippen molar-refractivity contribution in [3.63, 3.8) is 0 Å². The molecule has 1 saturated heterocycles. The lowest BCUT2D eigenvalue weighted by Gasteiger charge is -2.32. The number of piperidine rings is 1. The van der Waals surface area contributed by atoms with Crippen molar-refractivity contribution < 1.29 is 5.11 Å². The first kappa shape index (κ1) is 15.4. The van der Waals surface area contributed by atoms with Crippen LogP contribution in [0, 0.1) is 5.92 Å². The van der Waals surface area contributed by atoms with Gasteiger partial charge in [0, 0.05) is 6.54 Å². The fourth-order valence-corrected chi connectivity index (χ4v) is 3.52. The largest absolute Gasteiger partial charge is 0.508 e. The summed E-state index contributed by atoms with van der Waals surface area (Å²) < 4.78 is 0. The molecule has 0 aromatic heterocycles. The molecule has 0 atom stereocenters. The van der Waals surface area contributed by atoms with Crippen LogP contribution in [-0.4, -0.2) is 29.6 Å². The Morgan fingerprint density at radius 3 is 2.50 bits per heavy atom. The second-order valence-corrected chi connectivity index (χ2v) is 6.66. The van der Waals surface area contributed by atoms with E-state index in [0.717, 1.165) is 18.9 Å². The van der Waals surface area contributed by atoms with Crippen molar-refractivity contribution in [3.05, 3.63) is 53.6 Å². The zero-order valence-corrected chi connectivity index (χ0v) is 13.4. The number of aromatic hydroxyl groups is 1. The highest BCUT2D eigenvalue weighted by molar-refractivity contribution is 5.26. The average molecular weight is 297 g/mol. The van der Waals surface area contributed by atoms with Crippen molar-refractivity contribution in [3.8, 4) is 5.75 Å². The maximum atomic E-state index is 9.32. The highest BCUT2D eigenvalue weighted by Crippen LogP contribution is 2.26. The SMILES string of the molecule is Oc1ccc(CCN2CCC(CC3=CCCC=C3)CC2)cc1. The lowest BCUT2D eigenvalue weighted by Crippen LogP contribution is -2.35. The van der Waals surface area contributed by atoms with E-state index in [0.29, 0.717) is 5.75 Å². The lowest BCUT2D eigenvalue weighted by molar-refractivity contribution is 0.186. The Hall–Kier alpha value is -1.54. The van der Waals surface area contributed by atoms with Gasteiger partial charge in [-0.2, -0.15) is 0 Å². The van der Waals surface area contributed by atoms with Gasteiger partial charge in [-0.05, 0) is 75.2 Å². The van der Waals surface area contributed by atoms with Gasteiger partial charge in [0.15, 0.2) is 0 Å². The van der Waals surface area contributed by atoms with Crippen LogP contribution >= 0.6 is 0 Å². The van der Waals surface area contributed by atoms with Crippen LogP contribution in [0.3, 0.4) is 0 Å². The molecule has 118 valence electrons. The third kappa shape index (κ3) is 4.48. The molecule has 2 nitrogen and oxygen atoms in total. The molecular weight excluding hydrogens is 270 g/mol. The van der Waals surface area contributed by atoms with E-state index in [1.54, 1.807) is 17.7 Å². The highest BCUT2D eigenvalue weighted by Gasteiger charge is 2.19. The van der Waals surface area contributed by atoms with Gasteiger partial charge in [0.1, 0.15) is 5.75 Å². The number of likely N-dealkylation sites (tertiary alicyclic amines) is 1. The van der Waals surface area contributed by atoms with Gasteiger partial charge in [-0.3, -0.25) is 0 Å². The van der Waals surface area contributed by atoms with Crippen LogP contribution in [0.4, 0.5) is 0 Å². The van der Waals surface area contributed by atoms with E-state index < -0.39 is 0 Å². The minimum absolute atomic E-state index is 0.357. The Morgan fingerprint density at radius 2 is 1.82 bits per heavy atom. The quantitative estimate of drug-likeness (QED) is 0.875. The Labute approximate surface area is 134 Å². The van der Waals surface area contributed by atoms with E-state index in [9.17, 15) is 5.11 Å². The van der Waals surface area contributed by atoms with Crippen molar-refractivity contribution >= 4 is 0 Å². The number of hydrogen-bond donors (Lipinski definition) is 1. The van der Waals surface area contributed by atoms with Crippen LogP contribution in [0.25, 0.3) is 0 Å². The monoisotopic (exact) mass is 297 g/mol. The van der Waals surface area contributed by atoms with Gasteiger partial charge in [-0.15, -0.1) is 0 Å². The molecule has 2 aliphatic rings. The molecule has 1 N–H and O–H groups in total. The minimum Gasteiger partial charge on any atom is -0.508 e. The molecular formula is C20H27NO. The second kappa shape index (κ2) is 7.64. The van der Waals surface area contributed by atoms with Crippen LogP contribution in [0.1, 0.15) is 37.7 Å². The summed E-state index contributed by atoms with van der Waals surface area (Å²) in [6.07, 6.45) is 14.6. The molecule has 2 heteroatoms. The maximum Gasteiger partial charge on any atom is 0.115 e. The standard InChI is InChI=1S/C20H27NO/c22-20-8-6-17(7-9-20)10-13-21-14-11-19(12-15-21)16-18-4-2-1-3-5-18/h2,4-9,19,22H,1,3,10-16H2. The van der Waals surface area contributed by atoms with Crippen molar-refractivity contribution in [2.75, 3.05) is 19.6 Å². The van der Waals surface area contributed by atoms with Gasteiger partial charge in [0.25, 0.3) is 0 Å². The molecule has 3 rings (SSSR count). The van der Waals surface area contributed by atoms with E-state index in [1.807, 2.05) is 12.1 Å². The van der Waals surface area contributed by atoms with Gasteiger partial charge < -0.3 is 10.0 Å². The van der Waals surface area contributed by atoms with E-state index in [-0.39, 0.29) is 0 Å². The molecule has 1 aromatic rings. The van der Waals surface area contributed by atoms with Crippen LogP contribution in [0.2, 0.25) is 0 Å². The van der Waals surface area contributed by atoms with Crippen LogP contribution < -0.4 is 0 Å². The first-order chi connectivity index (χ1) is 10.8. The van der Waals surface area contributed by atoms with Crippen LogP contribution in [0.15, 0.2) is 48.1 Å². The molecule has 1 aliphatic carbocycles. The Kier molecular flexibility index (Phi) is 5.33. The summed E-state index contributed by atoms with van der Waals surface area (Å²) in [5.41, 5.74) is 2.88. The number of hydrogen-bond acceptors (Lipinski definition) is 2. The summed E-state index contributed by atoms with van der Waals surface area (Å²) >= 11 is 0. The van der Waals surface area contributed by atoms with Crippen molar-refractivity contribution in [1.82, 2.24) is 4.90 Å². The number of phenols is 1. The molecule has 22 heavy (non-hydrogen) atoms. The number of rotatable bonds is 5. The van der Waals surface area contributed by atoms with E-state index >= 15 is 0 Å². The van der Waals surface area contributed by atoms with Crippen LogP contribution in [0.5, 0.6) is 5.75 Å². The summed E-state index contributed by atoms with van der Waals surface area (Å²) in [5.74, 6) is 1.23. The number of nitrogens with zero attached hydrogens (tertiary/aromatic N) is 1. The Bertz CT molecular complexity index is 521. The summed E-state index contributed by atoms with van der Waals surface area (Å²) in [4.78, 5) is 2.59. The van der Waals surface area contributed by atoms with Crippen molar-refractivity contribution in [2.45, 2.75) is 38.5 Å². The van der Waals surface area contributed by atoms with Crippen molar-refractivity contribution in [2.24, 2.45) is 5.92 Å². The van der Waals surface area contributed by atoms with Gasteiger partial charge in [0.05, 0.1) is 0 Å². The lowest BCUT2D eigenvalue weighted by atomic mass is 9.88. The number of phenolic OH excluding ortho intramolecular Hbond substituents is 1. The fraction of sp³-hybridized carbons (Fsp3) is 0.500. The maximum absolute atomic E-state index is 9.32. The Balaban J connectivity index is 1.39.